The Kier molecular flexibility index (Phi) is 3.71. The Hall–Kier alpha value is -1.17. The van der Waals surface area contributed by atoms with Crippen molar-refractivity contribution in [2.75, 3.05) is 0 Å². The smallest absolute Gasteiger partial charge is 0.121 e. The van der Waals surface area contributed by atoms with Gasteiger partial charge in [-0.3, -0.25) is 0 Å². The number of hydrogen-bond donors (Lipinski definition) is 0. The molecule has 1 unspecified atom stereocenters. The van der Waals surface area contributed by atoms with E-state index in [2.05, 4.69) is 0 Å². The fourth-order valence-corrected chi connectivity index (χ4v) is 3.21. The summed E-state index contributed by atoms with van der Waals surface area (Å²) in [4.78, 5) is 0. The SMILES string of the molecule is O=[P+](c1ccccc1)c1ccccc1CCl. The van der Waals surface area contributed by atoms with Crippen LogP contribution >= 0.6 is 19.4 Å². The molecule has 2 aromatic rings. The van der Waals surface area contributed by atoms with Gasteiger partial charge in [0, 0.05) is 5.56 Å². The van der Waals surface area contributed by atoms with Gasteiger partial charge in [0.1, 0.15) is 0 Å². The Balaban J connectivity index is 2.42. The molecule has 1 nitrogen and oxygen atoms in total. The van der Waals surface area contributed by atoms with E-state index in [1.807, 2.05) is 54.6 Å². The van der Waals surface area contributed by atoms with Crippen molar-refractivity contribution in [3.8, 4) is 0 Å². The molecule has 80 valence electrons. The fourth-order valence-electron chi connectivity index (χ4n) is 1.52. The summed E-state index contributed by atoms with van der Waals surface area (Å²) in [5.74, 6) is 0.393. The fraction of sp³-hybridized carbons (Fsp3) is 0.0769. The molecular weight excluding hydrogens is 239 g/mol. The third-order valence-electron chi connectivity index (χ3n) is 2.35. The Morgan fingerprint density at radius 2 is 1.56 bits per heavy atom. The highest BCUT2D eigenvalue weighted by Crippen LogP contribution is 2.22. The molecule has 0 saturated heterocycles. The number of rotatable bonds is 3. The second-order valence-electron chi connectivity index (χ2n) is 3.39. The summed E-state index contributed by atoms with van der Waals surface area (Å²) in [6.45, 7) is 0. The Bertz CT molecular complexity index is 496. The predicted molar refractivity (Wildman–Crippen MR) is 69.3 cm³/mol. The average molecular weight is 250 g/mol. The highest BCUT2D eigenvalue weighted by atomic mass is 35.5. The van der Waals surface area contributed by atoms with Gasteiger partial charge in [-0.15, -0.1) is 11.6 Å². The first-order valence-electron chi connectivity index (χ1n) is 4.99. The molecule has 0 saturated carbocycles. The van der Waals surface area contributed by atoms with E-state index in [1.165, 1.54) is 0 Å². The molecule has 0 bridgehead atoms. The first-order chi connectivity index (χ1) is 7.83. The molecule has 2 rings (SSSR count). The van der Waals surface area contributed by atoms with Gasteiger partial charge in [-0.25, -0.2) is 0 Å². The molecule has 0 fully saturated rings. The van der Waals surface area contributed by atoms with Crippen molar-refractivity contribution in [1.29, 1.82) is 0 Å². The summed E-state index contributed by atoms with van der Waals surface area (Å²) in [5.41, 5.74) is 0.939. The molecule has 2 aromatic carbocycles. The average Bonchev–Trinajstić information content (AvgIpc) is 2.39. The molecule has 0 spiro atoms. The lowest BCUT2D eigenvalue weighted by molar-refractivity contribution is 0.598. The zero-order valence-electron chi connectivity index (χ0n) is 8.64. The van der Waals surface area contributed by atoms with Crippen LogP contribution in [-0.4, -0.2) is 0 Å². The minimum atomic E-state index is -1.53. The van der Waals surface area contributed by atoms with Gasteiger partial charge in [-0.05, 0) is 18.2 Å². The zero-order valence-corrected chi connectivity index (χ0v) is 10.3. The van der Waals surface area contributed by atoms with Crippen molar-refractivity contribution in [3.05, 3.63) is 60.2 Å². The minimum absolute atomic E-state index is 0.393. The van der Waals surface area contributed by atoms with E-state index in [-0.39, 0.29) is 0 Å². The van der Waals surface area contributed by atoms with E-state index >= 15 is 0 Å². The summed E-state index contributed by atoms with van der Waals surface area (Å²) >= 11 is 5.84. The molecule has 1 atom stereocenters. The molecule has 0 amide bonds. The second kappa shape index (κ2) is 5.25. The van der Waals surface area contributed by atoms with Crippen LogP contribution in [0, 0.1) is 0 Å². The van der Waals surface area contributed by atoms with Crippen molar-refractivity contribution in [2.24, 2.45) is 0 Å². The minimum Gasteiger partial charge on any atom is -0.121 e. The normalized spacial score (nSPS) is 11.2. The molecule has 0 aromatic heterocycles. The number of benzene rings is 2. The van der Waals surface area contributed by atoms with Crippen LogP contribution in [-0.2, 0) is 10.4 Å². The van der Waals surface area contributed by atoms with Crippen molar-refractivity contribution in [2.45, 2.75) is 5.88 Å². The van der Waals surface area contributed by atoms with Crippen LogP contribution in [0.4, 0.5) is 0 Å². The Morgan fingerprint density at radius 1 is 0.938 bits per heavy atom. The molecule has 0 aliphatic carbocycles. The molecule has 0 aliphatic heterocycles. The Morgan fingerprint density at radius 3 is 2.25 bits per heavy atom. The topological polar surface area (TPSA) is 17.1 Å². The van der Waals surface area contributed by atoms with E-state index in [9.17, 15) is 4.57 Å². The van der Waals surface area contributed by atoms with Crippen LogP contribution in [0.15, 0.2) is 54.6 Å². The van der Waals surface area contributed by atoms with Gasteiger partial charge in [0.2, 0.25) is 0 Å². The van der Waals surface area contributed by atoms with E-state index < -0.39 is 7.80 Å². The lowest BCUT2D eigenvalue weighted by Crippen LogP contribution is -2.10. The Labute approximate surface area is 101 Å². The first kappa shape index (κ1) is 11.3. The van der Waals surface area contributed by atoms with Crippen molar-refractivity contribution >= 4 is 30.0 Å². The lowest BCUT2D eigenvalue weighted by atomic mass is 10.2. The summed E-state index contributed by atoms with van der Waals surface area (Å²) in [6, 6.07) is 17.1. The van der Waals surface area contributed by atoms with Gasteiger partial charge in [0.05, 0.1) is 5.88 Å². The van der Waals surface area contributed by atoms with Crippen molar-refractivity contribution in [3.63, 3.8) is 0 Å². The van der Waals surface area contributed by atoms with Crippen LogP contribution in [0.25, 0.3) is 0 Å². The largest absolute Gasteiger partial charge is 0.415 e. The summed E-state index contributed by atoms with van der Waals surface area (Å²) in [7, 11) is -1.53. The van der Waals surface area contributed by atoms with E-state index in [0.717, 1.165) is 16.2 Å². The van der Waals surface area contributed by atoms with Gasteiger partial charge in [-0.2, -0.15) is 0 Å². The van der Waals surface area contributed by atoms with Crippen LogP contribution in [0.2, 0.25) is 0 Å². The standard InChI is InChI=1S/C13H11ClOP/c14-10-11-6-4-5-9-13(11)16(15)12-7-2-1-3-8-12/h1-9H,10H2/q+1. The van der Waals surface area contributed by atoms with Gasteiger partial charge in [0.15, 0.2) is 10.6 Å². The number of hydrogen-bond acceptors (Lipinski definition) is 1. The van der Waals surface area contributed by atoms with Crippen LogP contribution < -0.4 is 10.6 Å². The van der Waals surface area contributed by atoms with Gasteiger partial charge in [0.25, 0.3) is 0 Å². The van der Waals surface area contributed by atoms with Crippen LogP contribution in [0.1, 0.15) is 5.56 Å². The maximum Gasteiger partial charge on any atom is 0.415 e. The van der Waals surface area contributed by atoms with E-state index in [4.69, 9.17) is 11.6 Å². The number of alkyl halides is 1. The highest BCUT2D eigenvalue weighted by Gasteiger charge is 2.25. The van der Waals surface area contributed by atoms with Gasteiger partial charge >= 0.3 is 7.80 Å². The molecule has 16 heavy (non-hydrogen) atoms. The lowest BCUT2D eigenvalue weighted by Gasteiger charge is -1.95. The van der Waals surface area contributed by atoms with E-state index in [0.29, 0.717) is 5.88 Å². The van der Waals surface area contributed by atoms with E-state index in [1.54, 1.807) is 0 Å². The molecular formula is C13H11ClOP+. The second-order valence-corrected chi connectivity index (χ2v) is 5.25. The monoisotopic (exact) mass is 249 g/mol. The van der Waals surface area contributed by atoms with Crippen LogP contribution in [0.5, 0.6) is 0 Å². The zero-order chi connectivity index (χ0) is 11.4. The van der Waals surface area contributed by atoms with Gasteiger partial charge in [-0.1, -0.05) is 41.0 Å². The molecule has 0 radical (unpaired) electrons. The summed E-state index contributed by atoms with van der Waals surface area (Å²) in [6.07, 6.45) is 0. The molecule has 0 heterocycles. The predicted octanol–water partition coefficient (Wildman–Crippen LogP) is 3.20. The first-order valence-corrected chi connectivity index (χ1v) is 6.78. The van der Waals surface area contributed by atoms with Crippen molar-refractivity contribution < 1.29 is 4.57 Å². The quantitative estimate of drug-likeness (QED) is 0.603. The van der Waals surface area contributed by atoms with Crippen LogP contribution in [0.3, 0.4) is 0 Å². The number of halogens is 1. The molecule has 3 heteroatoms. The third kappa shape index (κ3) is 2.32. The maximum absolute atomic E-state index is 12.3. The van der Waals surface area contributed by atoms with Crippen molar-refractivity contribution in [1.82, 2.24) is 0 Å². The molecule has 0 aliphatic rings. The maximum atomic E-state index is 12.3. The summed E-state index contributed by atoms with van der Waals surface area (Å²) in [5, 5.41) is 1.67. The highest BCUT2D eigenvalue weighted by molar-refractivity contribution is 7.61. The summed E-state index contributed by atoms with van der Waals surface area (Å²) < 4.78 is 12.3. The third-order valence-corrected chi connectivity index (χ3v) is 4.27. The van der Waals surface area contributed by atoms with Gasteiger partial charge < -0.3 is 0 Å². The molecule has 0 N–H and O–H groups in total.